The number of Topliss-reactive ketones (excluding diaryl/α,β-unsaturated/α-hetero) is 1. The predicted octanol–water partition coefficient (Wildman–Crippen LogP) is 1.41. The fraction of sp³-hybridized carbons (Fsp3) is 0.118. The maximum atomic E-state index is 12.2. The first kappa shape index (κ1) is 17.5. The number of hydrogen-bond acceptors (Lipinski definition) is 6. The topological polar surface area (TPSA) is 121 Å². The molecule has 3 aromatic rings. The summed E-state index contributed by atoms with van der Waals surface area (Å²) >= 11 is 1.31. The van der Waals surface area contributed by atoms with Crippen molar-refractivity contribution in [2.75, 3.05) is 0 Å². The normalized spacial score (nSPS) is 10.5. The second-order valence-electron chi connectivity index (χ2n) is 5.35. The van der Waals surface area contributed by atoms with E-state index in [1.165, 1.54) is 11.3 Å². The van der Waals surface area contributed by atoms with Crippen LogP contribution in [0.15, 0.2) is 46.6 Å². The lowest BCUT2D eigenvalue weighted by Gasteiger charge is -2.08. The van der Waals surface area contributed by atoms with Crippen LogP contribution >= 0.6 is 11.3 Å². The van der Waals surface area contributed by atoms with Crippen LogP contribution < -0.4 is 16.4 Å². The highest BCUT2D eigenvalue weighted by Gasteiger charge is 2.15. The Balaban J connectivity index is 1.59. The number of aromatic amines is 1. The van der Waals surface area contributed by atoms with Crippen molar-refractivity contribution in [2.45, 2.75) is 12.8 Å². The zero-order chi connectivity index (χ0) is 18.5. The molecule has 132 valence electrons. The Labute approximate surface area is 151 Å². The van der Waals surface area contributed by atoms with Crippen LogP contribution in [0.4, 0.5) is 0 Å². The fourth-order valence-electron chi connectivity index (χ4n) is 2.32. The Kier molecular flexibility index (Phi) is 5.18. The lowest BCUT2D eigenvalue weighted by molar-refractivity contribution is -0.121. The van der Waals surface area contributed by atoms with Gasteiger partial charge in [-0.15, -0.1) is 11.3 Å². The lowest BCUT2D eigenvalue weighted by Crippen LogP contribution is -2.42. The van der Waals surface area contributed by atoms with Gasteiger partial charge >= 0.3 is 0 Å². The number of fused-ring (bicyclic) bond motifs is 1. The van der Waals surface area contributed by atoms with Crippen molar-refractivity contribution in [1.82, 2.24) is 21.0 Å². The van der Waals surface area contributed by atoms with Gasteiger partial charge in [-0.25, -0.2) is 5.10 Å². The molecule has 0 fully saturated rings. The molecule has 26 heavy (non-hydrogen) atoms. The molecule has 2 amide bonds. The van der Waals surface area contributed by atoms with E-state index in [1.54, 1.807) is 41.8 Å². The van der Waals surface area contributed by atoms with Crippen molar-refractivity contribution in [3.05, 3.63) is 62.7 Å². The van der Waals surface area contributed by atoms with Crippen LogP contribution in [0.25, 0.3) is 10.8 Å². The number of hydrazine groups is 1. The van der Waals surface area contributed by atoms with E-state index in [4.69, 9.17) is 0 Å². The van der Waals surface area contributed by atoms with Crippen molar-refractivity contribution in [1.29, 1.82) is 0 Å². The molecule has 9 heteroatoms. The number of amides is 2. The van der Waals surface area contributed by atoms with E-state index in [0.717, 1.165) is 0 Å². The molecule has 2 aromatic heterocycles. The zero-order valence-corrected chi connectivity index (χ0v) is 14.3. The molecule has 3 N–H and O–H groups in total. The third-order valence-corrected chi connectivity index (χ3v) is 4.51. The summed E-state index contributed by atoms with van der Waals surface area (Å²) < 4.78 is 0. The van der Waals surface area contributed by atoms with Gasteiger partial charge in [-0.05, 0) is 17.5 Å². The largest absolute Gasteiger partial charge is 0.293 e. The summed E-state index contributed by atoms with van der Waals surface area (Å²) in [6, 6.07) is 9.97. The lowest BCUT2D eigenvalue weighted by atomic mass is 10.1. The number of carbonyl (C=O) groups is 3. The summed E-state index contributed by atoms with van der Waals surface area (Å²) in [5.74, 6) is -1.30. The highest BCUT2D eigenvalue weighted by Crippen LogP contribution is 2.13. The molecule has 0 saturated heterocycles. The summed E-state index contributed by atoms with van der Waals surface area (Å²) in [5.41, 5.74) is 4.05. The highest BCUT2D eigenvalue weighted by molar-refractivity contribution is 7.12. The van der Waals surface area contributed by atoms with Gasteiger partial charge in [0.15, 0.2) is 11.5 Å². The number of benzene rings is 1. The van der Waals surface area contributed by atoms with E-state index in [0.29, 0.717) is 15.6 Å². The minimum absolute atomic E-state index is 0.0184. The summed E-state index contributed by atoms with van der Waals surface area (Å²) in [6.45, 7) is 0. The first-order valence-electron chi connectivity index (χ1n) is 7.69. The standard InChI is InChI=1S/C17H14N4O4S/c22-12(13-6-3-9-26-13)7-8-14(23)18-21-17(25)15-10-4-1-2-5-11(10)16(24)20-19-15/h1-6,9H,7-8H2,(H,18,23)(H,20,24)(H,21,25). The van der Waals surface area contributed by atoms with Gasteiger partial charge in [0, 0.05) is 18.2 Å². The van der Waals surface area contributed by atoms with Crippen molar-refractivity contribution in [2.24, 2.45) is 0 Å². The smallest absolute Gasteiger partial charge is 0.290 e. The average molecular weight is 370 g/mol. The molecule has 8 nitrogen and oxygen atoms in total. The Morgan fingerprint density at radius 2 is 1.77 bits per heavy atom. The Morgan fingerprint density at radius 3 is 2.50 bits per heavy atom. The molecule has 1 aromatic carbocycles. The van der Waals surface area contributed by atoms with Gasteiger partial charge in [0.25, 0.3) is 11.5 Å². The Hall–Kier alpha value is -3.33. The number of nitrogens with zero attached hydrogens (tertiary/aromatic N) is 1. The number of carbonyl (C=O) groups excluding carboxylic acids is 3. The monoisotopic (exact) mass is 370 g/mol. The van der Waals surface area contributed by atoms with Gasteiger partial charge < -0.3 is 0 Å². The molecule has 0 atom stereocenters. The molecule has 0 aliphatic heterocycles. The van der Waals surface area contributed by atoms with Gasteiger partial charge in [0.1, 0.15) is 0 Å². The third kappa shape index (κ3) is 3.83. The van der Waals surface area contributed by atoms with E-state index >= 15 is 0 Å². The second-order valence-corrected chi connectivity index (χ2v) is 6.30. The molecule has 0 unspecified atom stereocenters. The van der Waals surface area contributed by atoms with E-state index in [-0.39, 0.29) is 24.3 Å². The van der Waals surface area contributed by atoms with E-state index in [2.05, 4.69) is 21.0 Å². The van der Waals surface area contributed by atoms with Gasteiger partial charge in [-0.2, -0.15) is 5.10 Å². The summed E-state index contributed by atoms with van der Waals surface area (Å²) in [5, 5.41) is 8.46. The van der Waals surface area contributed by atoms with E-state index in [9.17, 15) is 19.2 Å². The number of ketones is 1. The molecule has 0 radical (unpaired) electrons. The molecular formula is C17H14N4O4S. The predicted molar refractivity (Wildman–Crippen MR) is 95.9 cm³/mol. The van der Waals surface area contributed by atoms with Gasteiger partial charge in [-0.3, -0.25) is 30.0 Å². The Morgan fingerprint density at radius 1 is 1.00 bits per heavy atom. The minimum Gasteiger partial charge on any atom is -0.293 e. The number of rotatable bonds is 5. The molecule has 0 spiro atoms. The number of aromatic nitrogens is 2. The first-order valence-corrected chi connectivity index (χ1v) is 8.57. The number of thiophene rings is 1. The van der Waals surface area contributed by atoms with Crippen LogP contribution in [0.3, 0.4) is 0 Å². The quantitative estimate of drug-likeness (QED) is 0.463. The van der Waals surface area contributed by atoms with Crippen LogP contribution in [0.5, 0.6) is 0 Å². The van der Waals surface area contributed by atoms with Crippen molar-refractivity contribution >= 4 is 39.7 Å². The molecule has 2 heterocycles. The SMILES string of the molecule is O=C(CCC(=O)c1cccs1)NNC(=O)c1n[nH]c(=O)c2ccccc12. The van der Waals surface area contributed by atoms with Crippen LogP contribution in [-0.2, 0) is 4.79 Å². The maximum Gasteiger partial charge on any atom is 0.290 e. The summed E-state index contributed by atoms with van der Waals surface area (Å²) in [4.78, 5) is 48.2. The first-order chi connectivity index (χ1) is 12.6. The summed E-state index contributed by atoms with van der Waals surface area (Å²) in [6.07, 6.45) is -0.0150. The fourth-order valence-corrected chi connectivity index (χ4v) is 3.02. The molecule has 0 aliphatic carbocycles. The van der Waals surface area contributed by atoms with E-state index in [1.807, 2.05) is 0 Å². The molecule has 3 rings (SSSR count). The van der Waals surface area contributed by atoms with Crippen molar-refractivity contribution in [3.8, 4) is 0 Å². The number of H-pyrrole nitrogens is 1. The summed E-state index contributed by atoms with van der Waals surface area (Å²) in [7, 11) is 0. The van der Waals surface area contributed by atoms with Gasteiger partial charge in [-0.1, -0.05) is 24.3 Å². The molecular weight excluding hydrogens is 356 g/mol. The third-order valence-electron chi connectivity index (χ3n) is 3.60. The van der Waals surface area contributed by atoms with Crippen molar-refractivity contribution < 1.29 is 14.4 Å². The van der Waals surface area contributed by atoms with Crippen LogP contribution in [0, 0.1) is 0 Å². The number of nitrogens with one attached hydrogen (secondary N) is 3. The Bertz CT molecular complexity index is 1030. The molecule has 0 aliphatic rings. The average Bonchev–Trinajstić information content (AvgIpc) is 3.19. The van der Waals surface area contributed by atoms with Crippen LogP contribution in [-0.4, -0.2) is 27.8 Å². The second kappa shape index (κ2) is 7.70. The van der Waals surface area contributed by atoms with E-state index < -0.39 is 17.4 Å². The maximum absolute atomic E-state index is 12.2. The van der Waals surface area contributed by atoms with Crippen LogP contribution in [0.2, 0.25) is 0 Å². The van der Waals surface area contributed by atoms with Gasteiger partial charge in [0.2, 0.25) is 5.91 Å². The minimum atomic E-state index is -0.671. The van der Waals surface area contributed by atoms with Gasteiger partial charge in [0.05, 0.1) is 10.3 Å². The number of hydrogen-bond donors (Lipinski definition) is 3. The zero-order valence-electron chi connectivity index (χ0n) is 13.4. The highest BCUT2D eigenvalue weighted by atomic mass is 32.1. The molecule has 0 bridgehead atoms. The van der Waals surface area contributed by atoms with Crippen molar-refractivity contribution in [3.63, 3.8) is 0 Å². The van der Waals surface area contributed by atoms with Crippen LogP contribution in [0.1, 0.15) is 33.0 Å². The molecule has 0 saturated carbocycles.